The monoisotopic (exact) mass is 296 g/mol. The van der Waals surface area contributed by atoms with Crippen LogP contribution in [0.25, 0.3) is 22.7 Å². The van der Waals surface area contributed by atoms with Crippen LogP contribution in [0.4, 0.5) is 5.69 Å². The molecule has 0 amide bonds. The molecule has 0 atom stereocenters. The molecule has 110 valence electrons. The lowest BCUT2D eigenvalue weighted by Crippen LogP contribution is -1.88. The first-order valence-electron chi connectivity index (χ1n) is 6.54. The van der Waals surface area contributed by atoms with Crippen LogP contribution in [-0.4, -0.2) is 17.0 Å². The minimum absolute atomic E-state index is 0.0227. The Morgan fingerprint density at radius 3 is 2.32 bits per heavy atom. The van der Waals surface area contributed by atoms with Gasteiger partial charge in [-0.25, -0.2) is 4.98 Å². The van der Waals surface area contributed by atoms with Crippen molar-refractivity contribution in [3.8, 4) is 28.7 Å². The summed E-state index contributed by atoms with van der Waals surface area (Å²) in [5, 5.41) is 10.7. The second-order valence-corrected chi connectivity index (χ2v) is 4.53. The van der Waals surface area contributed by atoms with Crippen LogP contribution in [0, 0.1) is 10.1 Å². The molecule has 6 nitrogen and oxygen atoms in total. The number of oxazole rings is 1. The third-order valence-electron chi connectivity index (χ3n) is 3.15. The lowest BCUT2D eigenvalue weighted by molar-refractivity contribution is -0.384. The smallest absolute Gasteiger partial charge is 0.313 e. The van der Waals surface area contributed by atoms with Crippen LogP contribution in [0.5, 0.6) is 5.95 Å². The quantitative estimate of drug-likeness (QED) is 0.538. The number of nitro benzene ring substituents is 1. The third-order valence-corrected chi connectivity index (χ3v) is 3.15. The van der Waals surface area contributed by atoms with Crippen molar-refractivity contribution in [3.05, 3.63) is 64.7 Å². The van der Waals surface area contributed by atoms with Crippen LogP contribution in [0.1, 0.15) is 0 Å². The molecule has 0 aliphatic heterocycles. The molecule has 0 saturated heterocycles. The van der Waals surface area contributed by atoms with Gasteiger partial charge < -0.3 is 9.15 Å². The molecule has 0 bridgehead atoms. The van der Waals surface area contributed by atoms with E-state index < -0.39 is 4.92 Å². The normalized spacial score (nSPS) is 10.4. The van der Waals surface area contributed by atoms with Gasteiger partial charge in [0.2, 0.25) is 5.89 Å². The Morgan fingerprint density at radius 1 is 1.05 bits per heavy atom. The molecule has 0 unspecified atom stereocenters. The number of rotatable bonds is 4. The van der Waals surface area contributed by atoms with E-state index in [-0.39, 0.29) is 11.6 Å². The van der Waals surface area contributed by atoms with Crippen molar-refractivity contribution in [1.82, 2.24) is 4.98 Å². The fourth-order valence-electron chi connectivity index (χ4n) is 2.07. The maximum Gasteiger partial charge on any atom is 0.313 e. The van der Waals surface area contributed by atoms with Crippen molar-refractivity contribution in [3.63, 3.8) is 0 Å². The summed E-state index contributed by atoms with van der Waals surface area (Å²) < 4.78 is 10.8. The second kappa shape index (κ2) is 5.69. The summed E-state index contributed by atoms with van der Waals surface area (Å²) in [4.78, 5) is 14.7. The van der Waals surface area contributed by atoms with E-state index >= 15 is 0 Å². The molecule has 3 aromatic rings. The van der Waals surface area contributed by atoms with E-state index in [1.165, 1.54) is 19.2 Å². The summed E-state index contributed by atoms with van der Waals surface area (Å²) >= 11 is 0. The summed E-state index contributed by atoms with van der Waals surface area (Å²) in [5.41, 5.74) is 2.05. The number of hydrogen-bond donors (Lipinski definition) is 0. The average Bonchev–Trinajstić information content (AvgIpc) is 3.00. The van der Waals surface area contributed by atoms with E-state index in [1.807, 2.05) is 30.3 Å². The van der Waals surface area contributed by atoms with Gasteiger partial charge in [-0.05, 0) is 24.3 Å². The standard InChI is InChI=1S/C16H12N2O4/c1-21-16-14(11-7-9-13(10-8-11)18(19)20)17-15(22-16)12-5-3-2-4-6-12/h2-10H,1H3. The molecule has 0 spiro atoms. The number of aromatic nitrogens is 1. The minimum Gasteiger partial charge on any atom is -0.467 e. The SMILES string of the molecule is COc1oc(-c2ccccc2)nc1-c1ccc([N+](=O)[O-])cc1. The number of benzene rings is 2. The van der Waals surface area contributed by atoms with Crippen molar-refractivity contribution < 1.29 is 14.1 Å². The molecule has 0 fully saturated rings. The molecule has 0 aliphatic carbocycles. The first-order valence-corrected chi connectivity index (χ1v) is 6.54. The molecular formula is C16H12N2O4. The topological polar surface area (TPSA) is 78.4 Å². The molecule has 22 heavy (non-hydrogen) atoms. The molecule has 0 aliphatic rings. The van der Waals surface area contributed by atoms with Crippen molar-refractivity contribution in [1.29, 1.82) is 0 Å². The third kappa shape index (κ3) is 2.54. The number of ether oxygens (including phenoxy) is 1. The number of hydrogen-bond acceptors (Lipinski definition) is 5. The van der Waals surface area contributed by atoms with Crippen LogP contribution >= 0.6 is 0 Å². The Morgan fingerprint density at radius 2 is 1.73 bits per heavy atom. The predicted molar refractivity (Wildman–Crippen MR) is 80.6 cm³/mol. The van der Waals surface area contributed by atoms with E-state index in [0.717, 1.165) is 5.56 Å². The zero-order valence-corrected chi connectivity index (χ0v) is 11.7. The largest absolute Gasteiger partial charge is 0.467 e. The van der Waals surface area contributed by atoms with Crippen LogP contribution in [0.3, 0.4) is 0 Å². The molecule has 1 aromatic heterocycles. The van der Waals surface area contributed by atoms with Gasteiger partial charge in [0.25, 0.3) is 5.69 Å². The van der Waals surface area contributed by atoms with E-state index in [9.17, 15) is 10.1 Å². The summed E-state index contributed by atoms with van der Waals surface area (Å²) in [6.07, 6.45) is 0. The van der Waals surface area contributed by atoms with Crippen molar-refractivity contribution >= 4 is 5.69 Å². The highest BCUT2D eigenvalue weighted by Gasteiger charge is 2.17. The second-order valence-electron chi connectivity index (χ2n) is 4.53. The lowest BCUT2D eigenvalue weighted by atomic mass is 10.1. The predicted octanol–water partition coefficient (Wildman–Crippen LogP) is 3.93. The number of nitro groups is 1. The maximum atomic E-state index is 10.7. The Balaban J connectivity index is 2.03. The van der Waals surface area contributed by atoms with Crippen LogP contribution in [-0.2, 0) is 0 Å². The maximum absolute atomic E-state index is 10.7. The van der Waals surface area contributed by atoms with Gasteiger partial charge in [0.1, 0.15) is 0 Å². The lowest BCUT2D eigenvalue weighted by Gasteiger charge is -1.98. The van der Waals surface area contributed by atoms with Gasteiger partial charge in [0.15, 0.2) is 5.69 Å². The van der Waals surface area contributed by atoms with Crippen LogP contribution < -0.4 is 4.74 Å². The highest BCUT2D eigenvalue weighted by Crippen LogP contribution is 2.34. The molecule has 6 heteroatoms. The van der Waals surface area contributed by atoms with Gasteiger partial charge in [0.05, 0.1) is 12.0 Å². The van der Waals surface area contributed by atoms with Gasteiger partial charge in [0, 0.05) is 23.3 Å². The first kappa shape index (κ1) is 13.8. The fraction of sp³-hybridized carbons (Fsp3) is 0.0625. The van der Waals surface area contributed by atoms with E-state index in [0.29, 0.717) is 17.1 Å². The molecule has 2 aromatic carbocycles. The first-order chi connectivity index (χ1) is 10.7. The number of nitrogens with zero attached hydrogens (tertiary/aromatic N) is 2. The summed E-state index contributed by atoms with van der Waals surface area (Å²) in [7, 11) is 1.49. The van der Waals surface area contributed by atoms with Crippen molar-refractivity contribution in [2.45, 2.75) is 0 Å². The van der Waals surface area contributed by atoms with Crippen molar-refractivity contribution in [2.24, 2.45) is 0 Å². The molecule has 0 radical (unpaired) electrons. The molecular weight excluding hydrogens is 284 g/mol. The Hall–Kier alpha value is -3.15. The van der Waals surface area contributed by atoms with Gasteiger partial charge in [-0.2, -0.15) is 0 Å². The molecule has 1 heterocycles. The van der Waals surface area contributed by atoms with E-state index in [4.69, 9.17) is 9.15 Å². The summed E-state index contributed by atoms with van der Waals surface area (Å²) in [6, 6.07) is 15.5. The zero-order chi connectivity index (χ0) is 15.5. The van der Waals surface area contributed by atoms with Gasteiger partial charge in [-0.15, -0.1) is 0 Å². The summed E-state index contributed by atoms with van der Waals surface area (Å²) in [5.74, 6) is 0.707. The van der Waals surface area contributed by atoms with E-state index in [1.54, 1.807) is 12.1 Å². The summed E-state index contributed by atoms with van der Waals surface area (Å²) in [6.45, 7) is 0. The Kier molecular flexibility index (Phi) is 3.57. The van der Waals surface area contributed by atoms with Crippen LogP contribution in [0.2, 0.25) is 0 Å². The average molecular weight is 296 g/mol. The molecule has 0 N–H and O–H groups in total. The van der Waals surface area contributed by atoms with Gasteiger partial charge >= 0.3 is 5.95 Å². The molecule has 3 rings (SSSR count). The fourth-order valence-corrected chi connectivity index (χ4v) is 2.07. The van der Waals surface area contributed by atoms with E-state index in [2.05, 4.69) is 4.98 Å². The van der Waals surface area contributed by atoms with Crippen molar-refractivity contribution in [2.75, 3.05) is 7.11 Å². The minimum atomic E-state index is -0.445. The zero-order valence-electron chi connectivity index (χ0n) is 11.7. The van der Waals surface area contributed by atoms with Crippen LogP contribution in [0.15, 0.2) is 59.0 Å². The van der Waals surface area contributed by atoms with Gasteiger partial charge in [-0.1, -0.05) is 18.2 Å². The highest BCUT2D eigenvalue weighted by molar-refractivity contribution is 5.68. The molecule has 0 saturated carbocycles. The number of methoxy groups -OCH3 is 1. The Labute approximate surface area is 126 Å². The highest BCUT2D eigenvalue weighted by atomic mass is 16.6. The van der Waals surface area contributed by atoms with Gasteiger partial charge in [-0.3, -0.25) is 10.1 Å². The number of non-ortho nitro benzene ring substituents is 1. The Bertz CT molecular complexity index is 795.